The van der Waals surface area contributed by atoms with Crippen molar-refractivity contribution in [3.63, 3.8) is 0 Å². The second-order valence-electron chi connectivity index (χ2n) is 8.92. The van der Waals surface area contributed by atoms with Crippen LogP contribution in [0.25, 0.3) is 21.9 Å². The minimum Gasteiger partial charge on any atom is -0.548 e. The third-order valence-electron chi connectivity index (χ3n) is 6.55. The van der Waals surface area contributed by atoms with Crippen molar-refractivity contribution >= 4 is 39.8 Å². The molecular formula is C25H28N3O7-. The lowest BCUT2D eigenvalue weighted by Crippen LogP contribution is -2.48. The first-order valence-corrected chi connectivity index (χ1v) is 11.8. The highest BCUT2D eigenvalue weighted by atomic mass is 16.4. The van der Waals surface area contributed by atoms with Gasteiger partial charge in [0.25, 0.3) is 0 Å². The van der Waals surface area contributed by atoms with Crippen molar-refractivity contribution in [2.24, 2.45) is 5.73 Å². The van der Waals surface area contributed by atoms with Gasteiger partial charge in [-0.25, -0.2) is 9.59 Å². The maximum Gasteiger partial charge on any atom is 0.339 e. The van der Waals surface area contributed by atoms with Crippen LogP contribution in [0.5, 0.6) is 0 Å². The Balaban J connectivity index is 1.48. The van der Waals surface area contributed by atoms with Crippen molar-refractivity contribution in [1.82, 2.24) is 10.6 Å². The molecule has 35 heavy (non-hydrogen) atoms. The van der Waals surface area contributed by atoms with E-state index < -0.39 is 29.6 Å². The number of hydrogen-bond donors (Lipinski definition) is 3. The van der Waals surface area contributed by atoms with E-state index in [2.05, 4.69) is 10.6 Å². The van der Waals surface area contributed by atoms with Crippen molar-refractivity contribution in [2.75, 3.05) is 6.54 Å². The number of nitrogens with one attached hydrogen (secondary N) is 2. The molecule has 10 nitrogen and oxygen atoms in total. The predicted octanol–water partition coefficient (Wildman–Crippen LogP) is 1.34. The fourth-order valence-corrected chi connectivity index (χ4v) is 4.71. The van der Waals surface area contributed by atoms with Crippen molar-refractivity contribution in [2.45, 2.75) is 64.3 Å². The van der Waals surface area contributed by atoms with Crippen LogP contribution in [0.3, 0.4) is 0 Å². The highest BCUT2D eigenvalue weighted by Gasteiger charge is 2.21. The van der Waals surface area contributed by atoms with Crippen LogP contribution in [0.2, 0.25) is 0 Å². The van der Waals surface area contributed by atoms with Crippen LogP contribution in [-0.2, 0) is 28.9 Å². The first-order valence-electron chi connectivity index (χ1n) is 11.8. The van der Waals surface area contributed by atoms with E-state index >= 15 is 0 Å². The van der Waals surface area contributed by atoms with Crippen LogP contribution in [-0.4, -0.2) is 30.5 Å². The number of fused-ring (bicyclic) bond motifs is 4. The molecule has 1 aromatic carbocycles. The number of amides is 3. The molecule has 1 aliphatic rings. The highest BCUT2D eigenvalue weighted by molar-refractivity contribution is 5.97. The number of rotatable bonds is 9. The molecule has 2 heterocycles. The number of urea groups is 1. The smallest absolute Gasteiger partial charge is 0.339 e. The van der Waals surface area contributed by atoms with Gasteiger partial charge in [-0.3, -0.25) is 4.79 Å². The standard InChI is InChI=1S/C25H29N3O7/c1-13-14(8-9-22(29)28-18(23(30)31)6-4-10-27-25(26)33)24(32)35-20-12-21-17(11-16(13)20)15-5-2-3-7-19(15)34-21/h11-12,18H,2-10H2,1H3,(H,28,29)(H,30,31)(H3,26,27,33)/p-1/t18-/m0/s1. The average Bonchev–Trinajstić information content (AvgIpc) is 3.17. The molecule has 2 aromatic heterocycles. The van der Waals surface area contributed by atoms with Crippen molar-refractivity contribution in [3.05, 3.63) is 45.0 Å². The van der Waals surface area contributed by atoms with Gasteiger partial charge in [0, 0.05) is 47.4 Å². The molecule has 1 atom stereocenters. The minimum absolute atomic E-state index is 0.0660. The van der Waals surface area contributed by atoms with Gasteiger partial charge in [0.05, 0.1) is 12.0 Å². The zero-order valence-electron chi connectivity index (χ0n) is 19.5. The Labute approximate surface area is 200 Å². The summed E-state index contributed by atoms with van der Waals surface area (Å²) in [7, 11) is 0. The second-order valence-corrected chi connectivity index (χ2v) is 8.92. The fourth-order valence-electron chi connectivity index (χ4n) is 4.71. The minimum atomic E-state index is -1.42. The number of hydrogen-bond acceptors (Lipinski definition) is 7. The van der Waals surface area contributed by atoms with E-state index in [1.807, 2.05) is 13.0 Å². The largest absolute Gasteiger partial charge is 0.548 e. The molecule has 10 heteroatoms. The summed E-state index contributed by atoms with van der Waals surface area (Å²) in [6.07, 6.45) is 4.42. The van der Waals surface area contributed by atoms with Crippen molar-refractivity contribution < 1.29 is 28.3 Å². The van der Waals surface area contributed by atoms with Gasteiger partial charge < -0.3 is 35.1 Å². The summed E-state index contributed by atoms with van der Waals surface area (Å²) in [4.78, 5) is 47.2. The summed E-state index contributed by atoms with van der Waals surface area (Å²) in [5.74, 6) is -0.960. The molecule has 186 valence electrons. The van der Waals surface area contributed by atoms with Gasteiger partial charge in [-0.15, -0.1) is 0 Å². The number of aliphatic carboxylic acids is 1. The van der Waals surface area contributed by atoms with Gasteiger partial charge in [0.2, 0.25) is 5.91 Å². The zero-order chi connectivity index (χ0) is 25.1. The van der Waals surface area contributed by atoms with Gasteiger partial charge in [-0.2, -0.15) is 0 Å². The SMILES string of the molecule is Cc1c(CCC(=O)N[C@@H](CCCNC(N)=O)C(=O)[O-])c(=O)oc2cc3oc4c(c3cc12)CCCC4. The van der Waals surface area contributed by atoms with Crippen LogP contribution in [0, 0.1) is 6.92 Å². The Morgan fingerprint density at radius 1 is 1.11 bits per heavy atom. The fraction of sp³-hybridized carbons (Fsp3) is 0.440. The Bertz CT molecular complexity index is 1350. The van der Waals surface area contributed by atoms with Gasteiger partial charge in [0.1, 0.15) is 16.9 Å². The van der Waals surface area contributed by atoms with Crippen LogP contribution < -0.4 is 27.1 Å². The van der Waals surface area contributed by atoms with Gasteiger partial charge in [-0.1, -0.05) is 0 Å². The summed E-state index contributed by atoms with van der Waals surface area (Å²) in [5.41, 5.74) is 7.88. The lowest BCUT2D eigenvalue weighted by molar-refractivity contribution is -0.308. The van der Waals surface area contributed by atoms with Gasteiger partial charge in [-0.05, 0) is 57.1 Å². The third kappa shape index (κ3) is 5.31. The number of carbonyl (C=O) groups excluding carboxylic acids is 3. The Morgan fingerprint density at radius 2 is 1.86 bits per heavy atom. The molecule has 0 bridgehead atoms. The second kappa shape index (κ2) is 10.2. The number of carbonyl (C=O) groups is 3. The van der Waals surface area contributed by atoms with E-state index in [0.717, 1.165) is 47.8 Å². The molecule has 4 N–H and O–H groups in total. The zero-order valence-corrected chi connectivity index (χ0v) is 19.5. The number of carboxylic acids is 1. The Hall–Kier alpha value is -3.82. The molecule has 3 amide bonds. The van der Waals surface area contributed by atoms with Crippen LogP contribution in [0.1, 0.15) is 54.6 Å². The number of furan rings is 1. The van der Waals surface area contributed by atoms with E-state index in [1.54, 1.807) is 6.07 Å². The molecule has 0 fully saturated rings. The number of carboxylic acid groups (broad SMARTS) is 1. The number of benzene rings is 1. The Morgan fingerprint density at radius 3 is 2.60 bits per heavy atom. The molecule has 1 aliphatic carbocycles. The molecule has 0 aliphatic heterocycles. The molecule has 0 radical (unpaired) electrons. The summed E-state index contributed by atoms with van der Waals surface area (Å²) in [5, 5.41) is 18.0. The number of nitrogens with two attached hydrogens (primary N) is 1. The number of aryl methyl sites for hydroxylation is 3. The first-order chi connectivity index (χ1) is 16.7. The highest BCUT2D eigenvalue weighted by Crippen LogP contribution is 2.35. The van der Waals surface area contributed by atoms with Gasteiger partial charge >= 0.3 is 11.7 Å². The number of primary amides is 1. The normalized spacial score (nSPS) is 14.0. The summed E-state index contributed by atoms with van der Waals surface area (Å²) in [6.45, 7) is 2.00. The maximum absolute atomic E-state index is 12.7. The van der Waals surface area contributed by atoms with E-state index in [9.17, 15) is 24.3 Å². The first kappa shape index (κ1) is 24.3. The van der Waals surface area contributed by atoms with Crippen molar-refractivity contribution in [1.29, 1.82) is 0 Å². The quantitative estimate of drug-likeness (QED) is 0.305. The van der Waals surface area contributed by atoms with Crippen LogP contribution >= 0.6 is 0 Å². The topological polar surface area (TPSA) is 168 Å². The van der Waals surface area contributed by atoms with Crippen molar-refractivity contribution in [3.8, 4) is 0 Å². The van der Waals surface area contributed by atoms with Gasteiger partial charge in [0.15, 0.2) is 0 Å². The van der Waals surface area contributed by atoms with Crippen LogP contribution in [0.4, 0.5) is 4.79 Å². The molecule has 0 saturated carbocycles. The summed E-state index contributed by atoms with van der Waals surface area (Å²) < 4.78 is 11.5. The summed E-state index contributed by atoms with van der Waals surface area (Å²) in [6, 6.07) is 1.82. The lowest BCUT2D eigenvalue weighted by Gasteiger charge is -2.19. The van der Waals surface area contributed by atoms with E-state index in [4.69, 9.17) is 14.6 Å². The van der Waals surface area contributed by atoms with E-state index in [0.29, 0.717) is 23.2 Å². The summed E-state index contributed by atoms with van der Waals surface area (Å²) >= 11 is 0. The molecular weight excluding hydrogens is 454 g/mol. The van der Waals surface area contributed by atoms with E-state index in [-0.39, 0.29) is 25.8 Å². The molecule has 4 rings (SSSR count). The lowest BCUT2D eigenvalue weighted by atomic mass is 9.94. The molecule has 0 unspecified atom stereocenters. The predicted molar refractivity (Wildman–Crippen MR) is 126 cm³/mol. The molecule has 3 aromatic rings. The molecule has 0 spiro atoms. The third-order valence-corrected chi connectivity index (χ3v) is 6.55. The Kier molecular flexibility index (Phi) is 7.09. The maximum atomic E-state index is 12.7. The van der Waals surface area contributed by atoms with Crippen LogP contribution in [0.15, 0.2) is 25.8 Å². The monoisotopic (exact) mass is 482 g/mol. The van der Waals surface area contributed by atoms with E-state index in [1.165, 1.54) is 5.56 Å². The average molecular weight is 483 g/mol. The molecule has 0 saturated heterocycles.